The second-order valence-corrected chi connectivity index (χ2v) is 6.30. The molecule has 1 aliphatic heterocycles. The molecular formula is C20H20N4O4. The number of amides is 1. The molecule has 1 amide bonds. The molecule has 3 rings (SSSR count). The molecule has 8 heteroatoms. The highest BCUT2D eigenvalue weighted by Crippen LogP contribution is 2.25. The normalized spacial score (nSPS) is 16.5. The van der Waals surface area contributed by atoms with Crippen LogP contribution in [-0.2, 0) is 11.2 Å². The van der Waals surface area contributed by atoms with Crippen molar-refractivity contribution >= 4 is 29.2 Å². The van der Waals surface area contributed by atoms with Crippen LogP contribution >= 0.6 is 0 Å². The van der Waals surface area contributed by atoms with Gasteiger partial charge in [0, 0.05) is 24.9 Å². The first kappa shape index (κ1) is 19.2. The number of carbonyl (C=O) groups is 1. The summed E-state index contributed by atoms with van der Waals surface area (Å²) in [5, 5.41) is 16.3. The van der Waals surface area contributed by atoms with Crippen molar-refractivity contribution in [3.63, 3.8) is 0 Å². The molecule has 0 saturated carbocycles. The van der Waals surface area contributed by atoms with Crippen LogP contribution in [0.25, 0.3) is 0 Å². The van der Waals surface area contributed by atoms with Gasteiger partial charge in [-0.3, -0.25) is 19.9 Å². The van der Waals surface area contributed by atoms with E-state index in [2.05, 4.69) is 10.1 Å². The van der Waals surface area contributed by atoms with Gasteiger partial charge in [0.15, 0.2) is 0 Å². The monoisotopic (exact) mass is 380 g/mol. The van der Waals surface area contributed by atoms with Gasteiger partial charge in [0.1, 0.15) is 11.7 Å². The molecule has 2 aromatic rings. The molecule has 1 heterocycles. The van der Waals surface area contributed by atoms with Crippen LogP contribution in [0, 0.1) is 16.0 Å². The molecule has 0 aromatic heterocycles. The summed E-state index contributed by atoms with van der Waals surface area (Å²) < 4.78 is 5.13. The highest BCUT2D eigenvalue weighted by Gasteiger charge is 2.33. The summed E-state index contributed by atoms with van der Waals surface area (Å²) in [7, 11) is 1.63. The van der Waals surface area contributed by atoms with Crippen molar-refractivity contribution in [1.82, 2.24) is 0 Å². The topological polar surface area (TPSA) is 97.4 Å². The van der Waals surface area contributed by atoms with E-state index in [9.17, 15) is 14.9 Å². The summed E-state index contributed by atoms with van der Waals surface area (Å²) in [4.78, 5) is 27.3. The van der Waals surface area contributed by atoms with Gasteiger partial charge < -0.3 is 4.74 Å². The number of non-ortho nitro benzene ring substituents is 1. The number of hydrazone groups is 1. The Morgan fingerprint density at radius 2 is 1.89 bits per heavy atom. The standard InChI is InChI=1S/C20H20N4O4/c1-14-19(13-21-12-11-15-3-9-18(28-2)10-4-15)20(25)23(22-14)16-5-7-17(8-6-16)24(26)27/h3-10,13,19H,11-12H2,1-2H3/t19-/m1/s1. The van der Waals surface area contributed by atoms with Crippen LogP contribution in [-0.4, -0.2) is 36.4 Å². The molecule has 0 saturated heterocycles. The van der Waals surface area contributed by atoms with E-state index in [-0.39, 0.29) is 11.6 Å². The lowest BCUT2D eigenvalue weighted by Crippen LogP contribution is -2.28. The van der Waals surface area contributed by atoms with Gasteiger partial charge in [-0.1, -0.05) is 12.1 Å². The minimum Gasteiger partial charge on any atom is -0.497 e. The molecule has 0 aliphatic carbocycles. The zero-order valence-corrected chi connectivity index (χ0v) is 15.6. The third kappa shape index (κ3) is 4.22. The number of hydrogen-bond acceptors (Lipinski definition) is 6. The van der Waals surface area contributed by atoms with E-state index in [1.807, 2.05) is 24.3 Å². The number of carbonyl (C=O) groups excluding carboxylic acids is 1. The summed E-state index contributed by atoms with van der Waals surface area (Å²) in [5.41, 5.74) is 2.22. The fourth-order valence-corrected chi connectivity index (χ4v) is 2.82. The molecule has 0 N–H and O–H groups in total. The first-order valence-electron chi connectivity index (χ1n) is 8.76. The summed E-state index contributed by atoms with van der Waals surface area (Å²) in [6.45, 7) is 2.32. The van der Waals surface area contributed by atoms with Crippen LogP contribution in [0.5, 0.6) is 5.75 Å². The average molecular weight is 380 g/mol. The molecule has 0 fully saturated rings. The first-order chi connectivity index (χ1) is 13.5. The van der Waals surface area contributed by atoms with Crippen molar-refractivity contribution in [2.45, 2.75) is 13.3 Å². The van der Waals surface area contributed by atoms with Crippen molar-refractivity contribution in [2.24, 2.45) is 16.0 Å². The lowest BCUT2D eigenvalue weighted by Gasteiger charge is -2.12. The lowest BCUT2D eigenvalue weighted by molar-refractivity contribution is -0.384. The molecule has 8 nitrogen and oxygen atoms in total. The smallest absolute Gasteiger partial charge is 0.269 e. The molecular weight excluding hydrogens is 360 g/mol. The van der Waals surface area contributed by atoms with Gasteiger partial charge in [-0.05, 0) is 43.2 Å². The van der Waals surface area contributed by atoms with E-state index in [4.69, 9.17) is 4.74 Å². The Labute approximate surface area is 162 Å². The molecule has 0 bridgehead atoms. The quantitative estimate of drug-likeness (QED) is 0.418. The molecule has 0 radical (unpaired) electrons. The minimum atomic E-state index is -0.522. The highest BCUT2D eigenvalue weighted by atomic mass is 16.6. The molecule has 0 unspecified atom stereocenters. The maximum absolute atomic E-state index is 12.6. The third-order valence-corrected chi connectivity index (χ3v) is 4.43. The fourth-order valence-electron chi connectivity index (χ4n) is 2.82. The number of anilines is 1. The van der Waals surface area contributed by atoms with Crippen LogP contribution < -0.4 is 9.75 Å². The van der Waals surface area contributed by atoms with Crippen molar-refractivity contribution in [1.29, 1.82) is 0 Å². The summed E-state index contributed by atoms with van der Waals surface area (Å²) >= 11 is 0. The van der Waals surface area contributed by atoms with E-state index >= 15 is 0 Å². The lowest BCUT2D eigenvalue weighted by atomic mass is 10.1. The van der Waals surface area contributed by atoms with Crippen LogP contribution in [0.4, 0.5) is 11.4 Å². The van der Waals surface area contributed by atoms with Crippen LogP contribution in [0.3, 0.4) is 0 Å². The number of nitro benzene ring substituents is 1. The number of rotatable bonds is 7. The molecule has 144 valence electrons. The number of benzene rings is 2. The summed E-state index contributed by atoms with van der Waals surface area (Å²) in [6, 6.07) is 13.5. The van der Waals surface area contributed by atoms with E-state index in [0.717, 1.165) is 17.7 Å². The number of nitrogens with zero attached hydrogens (tertiary/aromatic N) is 4. The Morgan fingerprint density at radius 1 is 1.21 bits per heavy atom. The van der Waals surface area contributed by atoms with Crippen molar-refractivity contribution < 1.29 is 14.5 Å². The van der Waals surface area contributed by atoms with Crippen molar-refractivity contribution in [3.8, 4) is 5.75 Å². The van der Waals surface area contributed by atoms with E-state index in [0.29, 0.717) is 17.9 Å². The van der Waals surface area contributed by atoms with E-state index in [1.54, 1.807) is 20.2 Å². The Bertz CT molecular complexity index is 920. The van der Waals surface area contributed by atoms with Gasteiger partial charge >= 0.3 is 0 Å². The number of ether oxygens (including phenoxy) is 1. The van der Waals surface area contributed by atoms with E-state index < -0.39 is 10.8 Å². The zero-order chi connectivity index (χ0) is 20.1. The average Bonchev–Trinajstić information content (AvgIpc) is 2.99. The predicted octanol–water partition coefficient (Wildman–Crippen LogP) is 3.26. The molecule has 0 spiro atoms. The maximum Gasteiger partial charge on any atom is 0.269 e. The highest BCUT2D eigenvalue weighted by molar-refractivity contribution is 6.23. The SMILES string of the molecule is COc1ccc(CCN=C[C@H]2C(=O)N(c3ccc([N+](=O)[O-])cc3)N=C2C)cc1. The summed E-state index contributed by atoms with van der Waals surface area (Å²) in [6.07, 6.45) is 2.37. The summed E-state index contributed by atoms with van der Waals surface area (Å²) in [5.74, 6) is 0.0626. The number of nitro groups is 1. The zero-order valence-electron chi connectivity index (χ0n) is 15.6. The molecule has 2 aromatic carbocycles. The fraction of sp³-hybridized carbons (Fsp3) is 0.250. The Morgan fingerprint density at radius 3 is 2.50 bits per heavy atom. The van der Waals surface area contributed by atoms with Gasteiger partial charge in [0.2, 0.25) is 0 Å². The van der Waals surface area contributed by atoms with E-state index in [1.165, 1.54) is 29.3 Å². The second kappa shape index (κ2) is 8.43. The molecule has 1 atom stereocenters. The number of hydrogen-bond donors (Lipinski definition) is 0. The van der Waals surface area contributed by atoms with Crippen LogP contribution in [0.15, 0.2) is 58.6 Å². The predicted molar refractivity (Wildman–Crippen MR) is 107 cm³/mol. The minimum absolute atomic E-state index is 0.0345. The maximum atomic E-state index is 12.6. The van der Waals surface area contributed by atoms with Gasteiger partial charge in [0.05, 0.1) is 23.4 Å². The van der Waals surface area contributed by atoms with Crippen LogP contribution in [0.1, 0.15) is 12.5 Å². The number of aliphatic imine (C=N–C) groups is 1. The third-order valence-electron chi connectivity index (χ3n) is 4.43. The molecule has 28 heavy (non-hydrogen) atoms. The molecule has 1 aliphatic rings. The second-order valence-electron chi connectivity index (χ2n) is 6.30. The van der Waals surface area contributed by atoms with Gasteiger partial charge in [-0.2, -0.15) is 10.1 Å². The van der Waals surface area contributed by atoms with Gasteiger partial charge in [-0.25, -0.2) is 0 Å². The Balaban J connectivity index is 1.60. The van der Waals surface area contributed by atoms with Crippen molar-refractivity contribution in [3.05, 3.63) is 64.2 Å². The Kier molecular flexibility index (Phi) is 5.78. The van der Waals surface area contributed by atoms with Crippen LogP contribution in [0.2, 0.25) is 0 Å². The number of methoxy groups -OCH3 is 1. The first-order valence-corrected chi connectivity index (χ1v) is 8.76. The largest absolute Gasteiger partial charge is 0.497 e. The van der Waals surface area contributed by atoms with Gasteiger partial charge in [-0.15, -0.1) is 0 Å². The Hall–Kier alpha value is -3.55. The van der Waals surface area contributed by atoms with Crippen molar-refractivity contribution in [2.75, 3.05) is 18.7 Å². The van der Waals surface area contributed by atoms with Gasteiger partial charge in [0.25, 0.3) is 11.6 Å².